The van der Waals surface area contributed by atoms with Crippen LogP contribution in [0.2, 0.25) is 0 Å². The van der Waals surface area contributed by atoms with Gasteiger partial charge in [-0.05, 0) is 55.2 Å². The maximum Gasteiger partial charge on any atom is 0.124 e. The highest BCUT2D eigenvalue weighted by Gasteiger charge is 2.06. The Kier molecular flexibility index (Phi) is 5.21. The molecule has 0 heterocycles. The Morgan fingerprint density at radius 2 is 1.90 bits per heavy atom. The Morgan fingerprint density at radius 3 is 2.60 bits per heavy atom. The van der Waals surface area contributed by atoms with Crippen LogP contribution < -0.4 is 5.73 Å². The van der Waals surface area contributed by atoms with E-state index in [0.717, 1.165) is 17.1 Å². The predicted molar refractivity (Wildman–Crippen MR) is 84.7 cm³/mol. The summed E-state index contributed by atoms with van der Waals surface area (Å²) in [6.45, 7) is 4.23. The van der Waals surface area contributed by atoms with Crippen LogP contribution in [0.3, 0.4) is 0 Å². The molecule has 2 N–H and O–H groups in total. The van der Waals surface area contributed by atoms with Crippen molar-refractivity contribution in [1.29, 1.82) is 0 Å². The van der Waals surface area contributed by atoms with Crippen LogP contribution in [0.25, 0.3) is 0 Å². The molecular weight excluding hydrogens is 269 g/mol. The summed E-state index contributed by atoms with van der Waals surface area (Å²) in [5, 5.41) is 0. The van der Waals surface area contributed by atoms with Gasteiger partial charge in [-0.3, -0.25) is 0 Å². The lowest BCUT2D eigenvalue weighted by molar-refractivity contribution is 0.624. The first-order chi connectivity index (χ1) is 9.54. The Labute approximate surface area is 124 Å². The molecule has 0 aliphatic heterocycles. The highest BCUT2D eigenvalue weighted by Crippen LogP contribution is 2.20. The lowest BCUT2D eigenvalue weighted by Gasteiger charge is -2.12. The van der Waals surface area contributed by atoms with E-state index in [1.165, 1.54) is 22.8 Å². The zero-order valence-electron chi connectivity index (χ0n) is 11.9. The van der Waals surface area contributed by atoms with E-state index in [9.17, 15) is 4.39 Å². The topological polar surface area (TPSA) is 26.0 Å². The molecule has 106 valence electrons. The van der Waals surface area contributed by atoms with Gasteiger partial charge in [-0.25, -0.2) is 4.39 Å². The van der Waals surface area contributed by atoms with E-state index < -0.39 is 0 Å². The zero-order chi connectivity index (χ0) is 14.5. The summed E-state index contributed by atoms with van der Waals surface area (Å²) in [6.07, 6.45) is 0.851. The van der Waals surface area contributed by atoms with E-state index in [1.54, 1.807) is 23.9 Å². The molecule has 0 aromatic heterocycles. The zero-order valence-corrected chi connectivity index (χ0v) is 12.7. The van der Waals surface area contributed by atoms with Crippen LogP contribution in [0.5, 0.6) is 0 Å². The molecule has 0 saturated carbocycles. The second-order valence-corrected chi connectivity index (χ2v) is 6.24. The lowest BCUT2D eigenvalue weighted by Crippen LogP contribution is -2.25. The highest BCUT2D eigenvalue weighted by atomic mass is 32.2. The lowest BCUT2D eigenvalue weighted by atomic mass is 10.0. The average molecular weight is 289 g/mol. The van der Waals surface area contributed by atoms with E-state index in [0.29, 0.717) is 0 Å². The summed E-state index contributed by atoms with van der Waals surface area (Å²) in [6, 6.07) is 13.2. The number of benzene rings is 2. The second kappa shape index (κ2) is 6.91. The van der Waals surface area contributed by atoms with Gasteiger partial charge in [-0.15, -0.1) is 11.8 Å². The van der Waals surface area contributed by atoms with Gasteiger partial charge in [0, 0.05) is 16.7 Å². The van der Waals surface area contributed by atoms with Crippen molar-refractivity contribution in [3.05, 3.63) is 65.0 Å². The average Bonchev–Trinajstić information content (AvgIpc) is 2.41. The van der Waals surface area contributed by atoms with Gasteiger partial charge in [-0.2, -0.15) is 0 Å². The molecule has 2 rings (SSSR count). The number of thioether (sulfide) groups is 1. The summed E-state index contributed by atoms with van der Waals surface area (Å²) in [4.78, 5) is 0.931. The molecule has 1 atom stereocenters. The minimum absolute atomic E-state index is 0.0744. The molecule has 0 aliphatic rings. The normalized spacial score (nSPS) is 12.4. The van der Waals surface area contributed by atoms with Crippen molar-refractivity contribution in [3.8, 4) is 0 Å². The third kappa shape index (κ3) is 4.36. The number of halogens is 1. The number of aryl methyl sites for hydroxylation is 2. The van der Waals surface area contributed by atoms with Crippen molar-refractivity contribution in [2.75, 3.05) is 5.75 Å². The largest absolute Gasteiger partial charge is 0.327 e. The molecular formula is C17H20FNS. The van der Waals surface area contributed by atoms with E-state index in [-0.39, 0.29) is 11.9 Å². The van der Waals surface area contributed by atoms with Gasteiger partial charge in [0.2, 0.25) is 0 Å². The molecule has 0 aliphatic carbocycles. The summed E-state index contributed by atoms with van der Waals surface area (Å²) >= 11 is 1.60. The monoisotopic (exact) mass is 289 g/mol. The van der Waals surface area contributed by atoms with Crippen LogP contribution in [-0.4, -0.2) is 11.8 Å². The molecule has 0 amide bonds. The van der Waals surface area contributed by atoms with Crippen molar-refractivity contribution in [3.63, 3.8) is 0 Å². The van der Waals surface area contributed by atoms with Gasteiger partial charge in [0.05, 0.1) is 0 Å². The van der Waals surface area contributed by atoms with E-state index >= 15 is 0 Å². The van der Waals surface area contributed by atoms with Crippen molar-refractivity contribution in [1.82, 2.24) is 0 Å². The first-order valence-electron chi connectivity index (χ1n) is 6.74. The van der Waals surface area contributed by atoms with Crippen molar-refractivity contribution in [2.24, 2.45) is 5.73 Å². The number of rotatable bonds is 5. The molecule has 1 nitrogen and oxygen atoms in total. The molecule has 0 bridgehead atoms. The first-order valence-corrected chi connectivity index (χ1v) is 7.73. The first kappa shape index (κ1) is 15.1. The van der Waals surface area contributed by atoms with Gasteiger partial charge in [0.15, 0.2) is 0 Å². The maximum absolute atomic E-state index is 13.1. The van der Waals surface area contributed by atoms with E-state index in [4.69, 9.17) is 5.73 Å². The minimum Gasteiger partial charge on any atom is -0.327 e. The SMILES string of the molecule is Cc1ccc(CC(N)CSc2cccc(F)c2)cc1C. The van der Waals surface area contributed by atoms with Gasteiger partial charge in [-0.1, -0.05) is 24.3 Å². The second-order valence-electron chi connectivity index (χ2n) is 5.15. The molecule has 2 aromatic rings. The van der Waals surface area contributed by atoms with Crippen LogP contribution in [-0.2, 0) is 6.42 Å². The number of hydrogen-bond acceptors (Lipinski definition) is 2. The maximum atomic E-state index is 13.1. The summed E-state index contributed by atoms with van der Waals surface area (Å²) < 4.78 is 13.1. The molecule has 0 spiro atoms. The van der Waals surface area contributed by atoms with Crippen LogP contribution in [0.15, 0.2) is 47.4 Å². The standard InChI is InChI=1S/C17H20FNS/c1-12-6-7-14(8-13(12)2)9-16(19)11-20-17-5-3-4-15(18)10-17/h3-8,10,16H,9,11,19H2,1-2H3. The summed E-state index contributed by atoms with van der Waals surface area (Å²) in [7, 11) is 0. The van der Waals surface area contributed by atoms with E-state index in [1.807, 2.05) is 6.07 Å². The van der Waals surface area contributed by atoms with Crippen LogP contribution >= 0.6 is 11.8 Å². The number of hydrogen-bond donors (Lipinski definition) is 1. The minimum atomic E-state index is -0.197. The Bertz CT molecular complexity index is 583. The third-order valence-electron chi connectivity index (χ3n) is 3.33. The fourth-order valence-electron chi connectivity index (χ4n) is 2.05. The van der Waals surface area contributed by atoms with Gasteiger partial charge in [0.25, 0.3) is 0 Å². The van der Waals surface area contributed by atoms with Gasteiger partial charge < -0.3 is 5.73 Å². The van der Waals surface area contributed by atoms with Crippen molar-refractivity contribution in [2.45, 2.75) is 31.2 Å². The fraction of sp³-hybridized carbons (Fsp3) is 0.294. The van der Waals surface area contributed by atoms with Crippen molar-refractivity contribution < 1.29 is 4.39 Å². The molecule has 3 heteroatoms. The Hall–Kier alpha value is -1.32. The number of nitrogens with two attached hydrogens (primary N) is 1. The van der Waals surface area contributed by atoms with Crippen LogP contribution in [0.4, 0.5) is 4.39 Å². The highest BCUT2D eigenvalue weighted by molar-refractivity contribution is 7.99. The van der Waals surface area contributed by atoms with Gasteiger partial charge in [0.1, 0.15) is 5.82 Å². The van der Waals surface area contributed by atoms with Crippen molar-refractivity contribution >= 4 is 11.8 Å². The molecule has 20 heavy (non-hydrogen) atoms. The third-order valence-corrected chi connectivity index (χ3v) is 4.51. The van der Waals surface area contributed by atoms with E-state index in [2.05, 4.69) is 32.0 Å². The summed E-state index contributed by atoms with van der Waals surface area (Å²) in [5.41, 5.74) is 10.0. The molecule has 0 fully saturated rings. The van der Waals surface area contributed by atoms with Crippen LogP contribution in [0.1, 0.15) is 16.7 Å². The molecule has 2 aromatic carbocycles. The Morgan fingerprint density at radius 1 is 1.10 bits per heavy atom. The molecule has 1 unspecified atom stereocenters. The van der Waals surface area contributed by atoms with Gasteiger partial charge >= 0.3 is 0 Å². The molecule has 0 radical (unpaired) electrons. The quantitative estimate of drug-likeness (QED) is 0.838. The predicted octanol–water partition coefficient (Wildman–Crippen LogP) is 4.10. The molecule has 0 saturated heterocycles. The smallest absolute Gasteiger partial charge is 0.124 e. The summed E-state index contributed by atoms with van der Waals surface area (Å²) in [5.74, 6) is 0.592. The fourth-order valence-corrected chi connectivity index (χ4v) is 2.95. The Balaban J connectivity index is 1.89. The van der Waals surface area contributed by atoms with Crippen LogP contribution in [0, 0.1) is 19.7 Å².